The number of nitrogens with one attached hydrogen (secondary N) is 1. The van der Waals surface area contributed by atoms with Gasteiger partial charge in [-0.2, -0.15) is 0 Å². The summed E-state index contributed by atoms with van der Waals surface area (Å²) in [5.74, 6) is 0. The lowest BCUT2D eigenvalue weighted by Gasteiger charge is -2.15. The lowest BCUT2D eigenvalue weighted by molar-refractivity contribution is 0.0983. The van der Waals surface area contributed by atoms with Crippen molar-refractivity contribution in [1.29, 1.82) is 0 Å². The number of likely N-dealkylation sites (N-methyl/N-ethyl adjacent to an activating group) is 1. The molecule has 0 atom stereocenters. The Balaban J connectivity index is 1.68. The van der Waals surface area contributed by atoms with Gasteiger partial charge in [-0.3, -0.25) is 9.58 Å². The van der Waals surface area contributed by atoms with E-state index in [0.29, 0.717) is 19.1 Å². The molecule has 102 valence electrons. The van der Waals surface area contributed by atoms with E-state index in [9.17, 15) is 8.78 Å². The van der Waals surface area contributed by atoms with Crippen LogP contribution in [0.3, 0.4) is 0 Å². The van der Waals surface area contributed by atoms with Crippen LogP contribution in [0.1, 0.15) is 18.5 Å². The fourth-order valence-electron chi connectivity index (χ4n) is 1.67. The molecule has 1 aliphatic rings. The van der Waals surface area contributed by atoms with Crippen molar-refractivity contribution in [3.63, 3.8) is 0 Å². The molecule has 7 heteroatoms. The zero-order valence-electron chi connectivity index (χ0n) is 10.5. The summed E-state index contributed by atoms with van der Waals surface area (Å²) in [6.07, 6.45) is 2.06. The van der Waals surface area contributed by atoms with Crippen molar-refractivity contribution >= 4 is 0 Å². The summed E-state index contributed by atoms with van der Waals surface area (Å²) in [5.41, 5.74) is 0.901. The topological polar surface area (TPSA) is 46.0 Å². The van der Waals surface area contributed by atoms with Gasteiger partial charge in [0, 0.05) is 25.3 Å². The summed E-state index contributed by atoms with van der Waals surface area (Å²) < 4.78 is 25.9. The van der Waals surface area contributed by atoms with E-state index in [4.69, 9.17) is 0 Å². The summed E-state index contributed by atoms with van der Waals surface area (Å²) in [6.45, 7) is 1.66. The molecular formula is C11H19F2N5. The first-order valence-electron chi connectivity index (χ1n) is 6.22. The number of hydrogen-bond donors (Lipinski definition) is 1. The maximum absolute atomic E-state index is 12.1. The molecule has 5 nitrogen and oxygen atoms in total. The van der Waals surface area contributed by atoms with Crippen LogP contribution >= 0.6 is 0 Å². The normalized spacial score (nSPS) is 15.8. The third-order valence-corrected chi connectivity index (χ3v) is 2.90. The Bertz CT molecular complexity index is 364. The van der Waals surface area contributed by atoms with Crippen molar-refractivity contribution in [2.75, 3.05) is 20.1 Å². The number of hydrogen-bond acceptors (Lipinski definition) is 4. The highest BCUT2D eigenvalue weighted by molar-refractivity contribution is 4.94. The van der Waals surface area contributed by atoms with Gasteiger partial charge in [-0.25, -0.2) is 8.78 Å². The van der Waals surface area contributed by atoms with Gasteiger partial charge in [0.25, 0.3) is 6.43 Å². The first kappa shape index (κ1) is 13.4. The molecule has 0 unspecified atom stereocenters. The highest BCUT2D eigenvalue weighted by Gasteiger charge is 2.20. The second-order valence-corrected chi connectivity index (χ2v) is 4.78. The minimum Gasteiger partial charge on any atom is -0.308 e. The lowest BCUT2D eigenvalue weighted by atomic mass is 10.4. The standard InChI is InChI=1S/C11H19F2N5/c1-17(8-11(12)13)4-5-18-7-10(15-16-18)6-14-9-2-3-9/h7,9,11,14H,2-6,8H2,1H3. The molecule has 1 aromatic heterocycles. The number of alkyl halides is 2. The van der Waals surface area contributed by atoms with Crippen LogP contribution in [-0.2, 0) is 13.1 Å². The average Bonchev–Trinajstić information content (AvgIpc) is 3.02. The summed E-state index contributed by atoms with van der Waals surface area (Å²) in [7, 11) is 1.68. The SMILES string of the molecule is CN(CCn1cc(CNC2CC2)nn1)CC(F)F. The van der Waals surface area contributed by atoms with E-state index < -0.39 is 6.43 Å². The smallest absolute Gasteiger partial charge is 0.251 e. The summed E-state index contributed by atoms with van der Waals surface area (Å²) in [4.78, 5) is 1.59. The van der Waals surface area contributed by atoms with Gasteiger partial charge in [-0.15, -0.1) is 5.10 Å². The number of rotatable bonds is 8. The van der Waals surface area contributed by atoms with Gasteiger partial charge in [-0.05, 0) is 19.9 Å². The Labute approximate surface area is 105 Å². The van der Waals surface area contributed by atoms with Crippen molar-refractivity contribution in [1.82, 2.24) is 25.2 Å². The Hall–Kier alpha value is -1.08. The highest BCUT2D eigenvalue weighted by Crippen LogP contribution is 2.18. The third-order valence-electron chi connectivity index (χ3n) is 2.90. The maximum Gasteiger partial charge on any atom is 0.251 e. The quantitative estimate of drug-likeness (QED) is 0.747. The molecule has 0 spiro atoms. The van der Waals surface area contributed by atoms with Crippen LogP contribution in [0, 0.1) is 0 Å². The summed E-state index contributed by atoms with van der Waals surface area (Å²) in [6, 6.07) is 0.646. The molecular weight excluding hydrogens is 240 g/mol. The zero-order chi connectivity index (χ0) is 13.0. The molecule has 1 fully saturated rings. The van der Waals surface area contributed by atoms with Crippen LogP contribution in [-0.4, -0.2) is 52.5 Å². The van der Waals surface area contributed by atoms with Gasteiger partial charge in [0.15, 0.2) is 0 Å². The molecule has 1 N–H and O–H groups in total. The van der Waals surface area contributed by atoms with Crippen LogP contribution in [0.4, 0.5) is 8.78 Å². The molecule has 1 saturated carbocycles. The second-order valence-electron chi connectivity index (χ2n) is 4.78. The molecule has 1 heterocycles. The maximum atomic E-state index is 12.1. The fraction of sp³-hybridized carbons (Fsp3) is 0.818. The molecule has 0 amide bonds. The Kier molecular flexibility index (Phi) is 4.60. The van der Waals surface area contributed by atoms with E-state index in [-0.39, 0.29) is 6.54 Å². The molecule has 0 bridgehead atoms. The van der Waals surface area contributed by atoms with E-state index in [2.05, 4.69) is 15.6 Å². The van der Waals surface area contributed by atoms with Gasteiger partial charge in [0.2, 0.25) is 0 Å². The predicted octanol–water partition coefficient (Wildman–Crippen LogP) is 0.727. The molecule has 18 heavy (non-hydrogen) atoms. The molecule has 0 aromatic carbocycles. The van der Waals surface area contributed by atoms with E-state index in [1.165, 1.54) is 12.8 Å². The minimum absolute atomic E-state index is 0.204. The monoisotopic (exact) mass is 259 g/mol. The summed E-state index contributed by atoms with van der Waals surface area (Å²) in [5, 5.41) is 11.4. The molecule has 2 rings (SSSR count). The van der Waals surface area contributed by atoms with Crippen LogP contribution in [0.5, 0.6) is 0 Å². The number of aromatic nitrogens is 3. The number of halogens is 2. The highest BCUT2D eigenvalue weighted by atomic mass is 19.3. The van der Waals surface area contributed by atoms with E-state index >= 15 is 0 Å². The molecule has 1 aliphatic carbocycles. The lowest BCUT2D eigenvalue weighted by Crippen LogP contribution is -2.28. The van der Waals surface area contributed by atoms with Crippen LogP contribution in [0.15, 0.2) is 6.20 Å². The van der Waals surface area contributed by atoms with Crippen molar-refractivity contribution in [2.45, 2.75) is 38.4 Å². The first-order chi connectivity index (χ1) is 8.63. The molecule has 0 aliphatic heterocycles. The predicted molar refractivity (Wildman–Crippen MR) is 63.4 cm³/mol. The van der Waals surface area contributed by atoms with Crippen molar-refractivity contribution in [3.05, 3.63) is 11.9 Å². The average molecular weight is 259 g/mol. The molecule has 1 aromatic rings. The van der Waals surface area contributed by atoms with Gasteiger partial charge >= 0.3 is 0 Å². The van der Waals surface area contributed by atoms with E-state index in [0.717, 1.165) is 12.2 Å². The fourth-order valence-corrected chi connectivity index (χ4v) is 1.67. The van der Waals surface area contributed by atoms with Crippen LogP contribution < -0.4 is 5.32 Å². The summed E-state index contributed by atoms with van der Waals surface area (Å²) >= 11 is 0. The Morgan fingerprint density at radius 2 is 2.33 bits per heavy atom. The molecule has 0 radical (unpaired) electrons. The largest absolute Gasteiger partial charge is 0.308 e. The first-order valence-corrected chi connectivity index (χ1v) is 6.22. The second kappa shape index (κ2) is 6.19. The van der Waals surface area contributed by atoms with Crippen molar-refractivity contribution in [2.24, 2.45) is 0 Å². The zero-order valence-corrected chi connectivity index (χ0v) is 10.5. The van der Waals surface area contributed by atoms with Gasteiger partial charge in [0.1, 0.15) is 0 Å². The molecule has 0 saturated heterocycles. The van der Waals surface area contributed by atoms with Gasteiger partial charge in [-0.1, -0.05) is 5.21 Å². The van der Waals surface area contributed by atoms with Crippen molar-refractivity contribution in [3.8, 4) is 0 Å². The Morgan fingerprint density at radius 1 is 1.56 bits per heavy atom. The van der Waals surface area contributed by atoms with Crippen molar-refractivity contribution < 1.29 is 8.78 Å². The van der Waals surface area contributed by atoms with Gasteiger partial charge < -0.3 is 5.32 Å². The Morgan fingerprint density at radius 3 is 3.00 bits per heavy atom. The number of nitrogens with zero attached hydrogens (tertiary/aromatic N) is 4. The van der Waals surface area contributed by atoms with E-state index in [1.54, 1.807) is 16.6 Å². The minimum atomic E-state index is -2.29. The van der Waals surface area contributed by atoms with Crippen LogP contribution in [0.2, 0.25) is 0 Å². The van der Waals surface area contributed by atoms with E-state index in [1.807, 2.05) is 6.20 Å². The van der Waals surface area contributed by atoms with Gasteiger partial charge in [0.05, 0.1) is 18.8 Å². The van der Waals surface area contributed by atoms with Crippen LogP contribution in [0.25, 0.3) is 0 Å². The third kappa shape index (κ3) is 4.66.